The maximum atomic E-state index is 13.4. The van der Waals surface area contributed by atoms with Crippen molar-refractivity contribution in [1.29, 1.82) is 0 Å². The van der Waals surface area contributed by atoms with Gasteiger partial charge in [0.15, 0.2) is 0 Å². The van der Waals surface area contributed by atoms with E-state index in [9.17, 15) is 14.0 Å². The molecule has 3 aromatic rings. The second kappa shape index (κ2) is 8.93. The van der Waals surface area contributed by atoms with Gasteiger partial charge in [0.05, 0.1) is 18.1 Å². The fraction of sp³-hybridized carbons (Fsp3) is 0.261. The lowest BCUT2D eigenvalue weighted by Crippen LogP contribution is -2.44. The first-order valence-electron chi connectivity index (χ1n) is 9.96. The van der Waals surface area contributed by atoms with Crippen LogP contribution in [-0.4, -0.2) is 44.2 Å². The normalized spacial score (nSPS) is 15.8. The Morgan fingerprint density at radius 2 is 1.97 bits per heavy atom. The van der Waals surface area contributed by atoms with Gasteiger partial charge in [0.25, 0.3) is 5.91 Å². The van der Waals surface area contributed by atoms with E-state index in [1.165, 1.54) is 30.0 Å². The largest absolute Gasteiger partial charge is 0.324 e. The standard InChI is InChI=1S/C23H23FN4O2S/c1-15-9-16(2)28(26-15)12-17-5-3-6-18(10-17)23(30)27-14-31-13-21(27)22(29)25-20-8-4-7-19(24)11-20/h3-11,21H,12-14H2,1-2H3,(H,25,29). The number of halogens is 1. The van der Waals surface area contributed by atoms with Crippen molar-refractivity contribution in [2.75, 3.05) is 16.9 Å². The van der Waals surface area contributed by atoms with Gasteiger partial charge in [-0.3, -0.25) is 14.3 Å². The molecule has 1 saturated heterocycles. The van der Waals surface area contributed by atoms with Crippen LogP contribution in [0.4, 0.5) is 10.1 Å². The first-order valence-corrected chi connectivity index (χ1v) is 11.1. The lowest BCUT2D eigenvalue weighted by atomic mass is 10.1. The number of amides is 2. The predicted molar refractivity (Wildman–Crippen MR) is 120 cm³/mol. The smallest absolute Gasteiger partial charge is 0.255 e. The van der Waals surface area contributed by atoms with E-state index >= 15 is 0 Å². The van der Waals surface area contributed by atoms with Crippen molar-refractivity contribution in [3.05, 3.63) is 82.9 Å². The van der Waals surface area contributed by atoms with E-state index < -0.39 is 11.9 Å². The van der Waals surface area contributed by atoms with Crippen LogP contribution < -0.4 is 5.32 Å². The molecular formula is C23H23FN4O2S. The Bertz CT molecular complexity index is 1130. The van der Waals surface area contributed by atoms with Gasteiger partial charge < -0.3 is 10.2 Å². The van der Waals surface area contributed by atoms with Crippen LogP contribution in [0.15, 0.2) is 54.6 Å². The zero-order valence-corrected chi connectivity index (χ0v) is 18.2. The van der Waals surface area contributed by atoms with Crippen molar-refractivity contribution in [2.45, 2.75) is 26.4 Å². The molecule has 6 nitrogen and oxygen atoms in total. The van der Waals surface area contributed by atoms with Gasteiger partial charge in [-0.2, -0.15) is 5.10 Å². The summed E-state index contributed by atoms with van der Waals surface area (Å²) in [6.45, 7) is 4.51. The van der Waals surface area contributed by atoms with Crippen LogP contribution in [0.5, 0.6) is 0 Å². The molecule has 4 rings (SSSR count). The molecule has 1 aromatic heterocycles. The number of anilines is 1. The topological polar surface area (TPSA) is 67.2 Å². The van der Waals surface area contributed by atoms with Gasteiger partial charge in [-0.25, -0.2) is 4.39 Å². The number of aryl methyl sites for hydroxylation is 2. The van der Waals surface area contributed by atoms with Gasteiger partial charge in [-0.15, -0.1) is 11.8 Å². The zero-order chi connectivity index (χ0) is 22.0. The number of aromatic nitrogens is 2. The minimum absolute atomic E-state index is 0.195. The summed E-state index contributed by atoms with van der Waals surface area (Å²) in [7, 11) is 0. The molecule has 1 fully saturated rings. The highest BCUT2D eigenvalue weighted by molar-refractivity contribution is 7.99. The van der Waals surface area contributed by atoms with Crippen molar-refractivity contribution in [3.63, 3.8) is 0 Å². The van der Waals surface area contributed by atoms with Crippen LogP contribution in [0.1, 0.15) is 27.3 Å². The van der Waals surface area contributed by atoms with E-state index in [1.807, 2.05) is 42.8 Å². The third-order valence-corrected chi connectivity index (χ3v) is 6.16. The molecule has 1 unspecified atom stereocenters. The van der Waals surface area contributed by atoms with Crippen LogP contribution in [0.2, 0.25) is 0 Å². The van der Waals surface area contributed by atoms with Gasteiger partial charge in [0, 0.05) is 22.7 Å². The highest BCUT2D eigenvalue weighted by Gasteiger charge is 2.35. The summed E-state index contributed by atoms with van der Waals surface area (Å²) in [5.41, 5.74) is 3.88. The third kappa shape index (κ3) is 4.80. The molecule has 1 aliphatic heterocycles. The Hall–Kier alpha value is -3.13. The van der Waals surface area contributed by atoms with Crippen LogP contribution in [-0.2, 0) is 11.3 Å². The Balaban J connectivity index is 1.49. The van der Waals surface area contributed by atoms with Crippen molar-refractivity contribution in [3.8, 4) is 0 Å². The van der Waals surface area contributed by atoms with Gasteiger partial charge in [0.1, 0.15) is 11.9 Å². The molecule has 2 heterocycles. The number of nitrogens with zero attached hydrogens (tertiary/aromatic N) is 3. The first-order chi connectivity index (χ1) is 14.9. The molecule has 0 radical (unpaired) electrons. The number of hydrogen-bond acceptors (Lipinski definition) is 4. The SMILES string of the molecule is Cc1cc(C)n(Cc2cccc(C(=O)N3CSCC3C(=O)Nc3cccc(F)c3)c2)n1. The predicted octanol–water partition coefficient (Wildman–Crippen LogP) is 3.84. The van der Waals surface area contributed by atoms with E-state index in [2.05, 4.69) is 10.4 Å². The molecule has 1 aliphatic rings. The number of benzene rings is 2. The number of nitrogens with one attached hydrogen (secondary N) is 1. The molecule has 1 N–H and O–H groups in total. The summed E-state index contributed by atoms with van der Waals surface area (Å²) in [5.74, 6) is -0.00610. The van der Waals surface area contributed by atoms with Crippen molar-refractivity contribution >= 4 is 29.3 Å². The van der Waals surface area contributed by atoms with Gasteiger partial charge in [0.2, 0.25) is 5.91 Å². The highest BCUT2D eigenvalue weighted by Crippen LogP contribution is 2.25. The molecule has 0 bridgehead atoms. The van der Waals surface area contributed by atoms with E-state index in [1.54, 1.807) is 17.0 Å². The Morgan fingerprint density at radius 3 is 2.71 bits per heavy atom. The third-order valence-electron chi connectivity index (χ3n) is 5.15. The van der Waals surface area contributed by atoms with Gasteiger partial charge in [-0.1, -0.05) is 18.2 Å². The average Bonchev–Trinajstić information content (AvgIpc) is 3.34. The van der Waals surface area contributed by atoms with Crippen LogP contribution >= 0.6 is 11.8 Å². The van der Waals surface area contributed by atoms with Crippen molar-refractivity contribution in [2.24, 2.45) is 0 Å². The van der Waals surface area contributed by atoms with E-state index in [4.69, 9.17) is 0 Å². The van der Waals surface area contributed by atoms with E-state index in [0.717, 1.165) is 17.0 Å². The van der Waals surface area contributed by atoms with E-state index in [0.29, 0.717) is 29.4 Å². The quantitative estimate of drug-likeness (QED) is 0.657. The Morgan fingerprint density at radius 1 is 1.16 bits per heavy atom. The number of rotatable bonds is 5. The summed E-state index contributed by atoms with van der Waals surface area (Å²) in [4.78, 5) is 27.5. The van der Waals surface area contributed by atoms with Gasteiger partial charge in [-0.05, 0) is 55.8 Å². The molecule has 0 aliphatic carbocycles. The highest BCUT2D eigenvalue weighted by atomic mass is 32.2. The second-order valence-corrected chi connectivity index (χ2v) is 8.58. The summed E-state index contributed by atoms with van der Waals surface area (Å²) < 4.78 is 15.3. The van der Waals surface area contributed by atoms with Gasteiger partial charge >= 0.3 is 0 Å². The summed E-state index contributed by atoms with van der Waals surface area (Å²) in [5, 5.41) is 7.19. The second-order valence-electron chi connectivity index (χ2n) is 7.58. The molecule has 2 aromatic carbocycles. The molecule has 160 valence electrons. The maximum Gasteiger partial charge on any atom is 0.255 e. The number of carbonyl (C=O) groups is 2. The molecule has 2 amide bonds. The minimum Gasteiger partial charge on any atom is -0.324 e. The van der Waals surface area contributed by atoms with Crippen molar-refractivity contribution < 1.29 is 14.0 Å². The molecular weight excluding hydrogens is 415 g/mol. The number of thioether (sulfide) groups is 1. The molecule has 0 saturated carbocycles. The number of hydrogen-bond donors (Lipinski definition) is 1. The Labute approximate surface area is 184 Å². The lowest BCUT2D eigenvalue weighted by Gasteiger charge is -2.23. The fourth-order valence-corrected chi connectivity index (χ4v) is 4.78. The molecule has 1 atom stereocenters. The maximum absolute atomic E-state index is 13.4. The molecule has 31 heavy (non-hydrogen) atoms. The van der Waals surface area contributed by atoms with Crippen LogP contribution in [0.3, 0.4) is 0 Å². The summed E-state index contributed by atoms with van der Waals surface area (Å²) in [6.07, 6.45) is 0. The van der Waals surface area contributed by atoms with Crippen LogP contribution in [0, 0.1) is 19.7 Å². The van der Waals surface area contributed by atoms with Crippen molar-refractivity contribution in [1.82, 2.24) is 14.7 Å². The first kappa shape index (κ1) is 21.1. The number of carbonyl (C=O) groups excluding carboxylic acids is 2. The molecule has 8 heteroatoms. The summed E-state index contributed by atoms with van der Waals surface area (Å²) in [6, 6.07) is 14.5. The molecule has 0 spiro atoms. The average molecular weight is 439 g/mol. The van der Waals surface area contributed by atoms with E-state index in [-0.39, 0.29) is 11.8 Å². The zero-order valence-electron chi connectivity index (χ0n) is 17.3. The Kier molecular flexibility index (Phi) is 6.08. The monoisotopic (exact) mass is 438 g/mol. The fourth-order valence-electron chi connectivity index (χ4n) is 3.63. The van der Waals surface area contributed by atoms with Crippen LogP contribution in [0.25, 0.3) is 0 Å². The summed E-state index contributed by atoms with van der Waals surface area (Å²) >= 11 is 1.52. The minimum atomic E-state index is -0.611. The lowest BCUT2D eigenvalue weighted by molar-refractivity contribution is -0.119.